The van der Waals surface area contributed by atoms with Gasteiger partial charge in [-0.2, -0.15) is 0 Å². The molecular formula is C19H23Cl2NO4S. The number of benzene rings is 2. The fourth-order valence-corrected chi connectivity index (χ4v) is 3.96. The van der Waals surface area contributed by atoms with Crippen LogP contribution in [0.2, 0.25) is 10.0 Å². The average molecular weight is 432 g/mol. The molecule has 2 aromatic rings. The van der Waals surface area contributed by atoms with Crippen LogP contribution in [0, 0.1) is 0 Å². The summed E-state index contributed by atoms with van der Waals surface area (Å²) in [5.74, 6) is 1.19. The van der Waals surface area contributed by atoms with Crippen LogP contribution >= 0.6 is 23.2 Å². The van der Waals surface area contributed by atoms with E-state index in [1.807, 2.05) is 32.0 Å². The van der Waals surface area contributed by atoms with Gasteiger partial charge in [0.25, 0.3) is 0 Å². The van der Waals surface area contributed by atoms with Gasteiger partial charge in [-0.05, 0) is 55.7 Å². The number of nitrogens with one attached hydrogen (secondary N) is 1. The van der Waals surface area contributed by atoms with Gasteiger partial charge in [-0.15, -0.1) is 0 Å². The van der Waals surface area contributed by atoms with Crippen LogP contribution in [-0.2, 0) is 22.2 Å². The molecule has 0 unspecified atom stereocenters. The Kier molecular flexibility index (Phi) is 8.23. The Balaban J connectivity index is 1.95. The maximum atomic E-state index is 12.3. The lowest BCUT2D eigenvalue weighted by Gasteiger charge is -2.13. The minimum atomic E-state index is -3.48. The highest BCUT2D eigenvalue weighted by molar-refractivity contribution is 7.88. The lowest BCUT2D eigenvalue weighted by molar-refractivity contribution is 0.287. The van der Waals surface area contributed by atoms with Gasteiger partial charge in [0, 0.05) is 6.54 Å². The summed E-state index contributed by atoms with van der Waals surface area (Å²) < 4.78 is 38.3. The minimum absolute atomic E-state index is 0.155. The first kappa shape index (κ1) is 21.8. The summed E-state index contributed by atoms with van der Waals surface area (Å²) in [6.07, 6.45) is 0.535. The van der Waals surface area contributed by atoms with Crippen LogP contribution in [-0.4, -0.2) is 28.2 Å². The Hall–Kier alpha value is -1.47. The van der Waals surface area contributed by atoms with Gasteiger partial charge in [-0.3, -0.25) is 0 Å². The average Bonchev–Trinajstić information content (AvgIpc) is 2.60. The molecule has 0 bridgehead atoms. The van der Waals surface area contributed by atoms with E-state index < -0.39 is 10.0 Å². The molecular weight excluding hydrogens is 409 g/mol. The zero-order valence-electron chi connectivity index (χ0n) is 15.3. The summed E-state index contributed by atoms with van der Waals surface area (Å²) >= 11 is 11.8. The third-order valence-electron chi connectivity index (χ3n) is 3.68. The highest BCUT2D eigenvalue weighted by Gasteiger charge is 2.13. The molecule has 0 spiro atoms. The van der Waals surface area contributed by atoms with Gasteiger partial charge < -0.3 is 9.47 Å². The second-order valence-electron chi connectivity index (χ2n) is 5.80. The van der Waals surface area contributed by atoms with Gasteiger partial charge in [-0.25, -0.2) is 13.1 Å². The number of rotatable bonds is 10. The summed E-state index contributed by atoms with van der Waals surface area (Å²) in [5, 5.41) is 0.730. The Labute approximate surface area is 170 Å². The minimum Gasteiger partial charge on any atom is -0.490 e. The molecule has 2 aromatic carbocycles. The van der Waals surface area contributed by atoms with Crippen molar-refractivity contribution in [3.05, 3.63) is 57.6 Å². The van der Waals surface area contributed by atoms with E-state index in [1.165, 1.54) is 0 Å². The fourth-order valence-electron chi connectivity index (χ4n) is 2.50. The van der Waals surface area contributed by atoms with Crippen molar-refractivity contribution in [2.75, 3.05) is 19.8 Å². The summed E-state index contributed by atoms with van der Waals surface area (Å²) in [6, 6.07) is 10.4. The van der Waals surface area contributed by atoms with Gasteiger partial charge in [-0.1, -0.05) is 35.3 Å². The number of hydrogen-bond donors (Lipinski definition) is 1. The van der Waals surface area contributed by atoms with Gasteiger partial charge in [0.2, 0.25) is 10.0 Å². The summed E-state index contributed by atoms with van der Waals surface area (Å²) in [5.41, 5.74) is 1.54. The number of halogens is 2. The number of hydrogen-bond acceptors (Lipinski definition) is 4. The number of sulfonamides is 1. The molecule has 148 valence electrons. The second kappa shape index (κ2) is 10.2. The normalized spacial score (nSPS) is 11.4. The summed E-state index contributed by atoms with van der Waals surface area (Å²) in [7, 11) is -3.48. The summed E-state index contributed by atoms with van der Waals surface area (Å²) in [6.45, 7) is 5.17. The van der Waals surface area contributed by atoms with Crippen molar-refractivity contribution in [2.45, 2.75) is 26.0 Å². The topological polar surface area (TPSA) is 64.6 Å². The first-order valence-corrected chi connectivity index (χ1v) is 11.0. The molecule has 0 aliphatic carbocycles. The van der Waals surface area contributed by atoms with E-state index in [-0.39, 0.29) is 12.3 Å². The van der Waals surface area contributed by atoms with Crippen molar-refractivity contribution >= 4 is 33.2 Å². The van der Waals surface area contributed by atoms with Crippen LogP contribution < -0.4 is 14.2 Å². The molecule has 0 atom stereocenters. The maximum Gasteiger partial charge on any atom is 0.215 e. The molecule has 0 aliphatic heterocycles. The van der Waals surface area contributed by atoms with Gasteiger partial charge in [0.15, 0.2) is 11.5 Å². The van der Waals surface area contributed by atoms with E-state index in [9.17, 15) is 8.42 Å². The van der Waals surface area contributed by atoms with Gasteiger partial charge in [0.05, 0.1) is 29.0 Å². The molecule has 0 saturated heterocycles. The van der Waals surface area contributed by atoms with Crippen molar-refractivity contribution < 1.29 is 17.9 Å². The Morgan fingerprint density at radius 2 is 1.56 bits per heavy atom. The lowest BCUT2D eigenvalue weighted by Crippen LogP contribution is -2.27. The highest BCUT2D eigenvalue weighted by Crippen LogP contribution is 2.28. The Bertz CT molecular complexity index is 872. The van der Waals surface area contributed by atoms with Crippen LogP contribution in [0.4, 0.5) is 0 Å². The molecule has 0 aromatic heterocycles. The molecule has 0 fully saturated rings. The zero-order valence-corrected chi connectivity index (χ0v) is 17.6. The molecule has 27 heavy (non-hydrogen) atoms. The van der Waals surface area contributed by atoms with Crippen LogP contribution in [0.3, 0.4) is 0 Å². The number of ether oxygens (including phenoxy) is 2. The van der Waals surface area contributed by atoms with Gasteiger partial charge >= 0.3 is 0 Å². The Morgan fingerprint density at radius 1 is 0.889 bits per heavy atom. The van der Waals surface area contributed by atoms with E-state index in [2.05, 4.69) is 4.72 Å². The molecule has 0 saturated carbocycles. The molecule has 8 heteroatoms. The van der Waals surface area contributed by atoms with E-state index in [1.54, 1.807) is 18.2 Å². The van der Waals surface area contributed by atoms with E-state index in [4.69, 9.17) is 32.7 Å². The lowest BCUT2D eigenvalue weighted by atomic mass is 10.1. The third-order valence-corrected chi connectivity index (χ3v) is 5.78. The smallest absolute Gasteiger partial charge is 0.215 e. The Morgan fingerprint density at radius 3 is 2.22 bits per heavy atom. The molecule has 0 radical (unpaired) electrons. The first-order valence-electron chi connectivity index (χ1n) is 8.64. The van der Waals surface area contributed by atoms with Crippen LogP contribution in [0.5, 0.6) is 11.5 Å². The van der Waals surface area contributed by atoms with Crippen molar-refractivity contribution in [3.63, 3.8) is 0 Å². The highest BCUT2D eigenvalue weighted by atomic mass is 35.5. The van der Waals surface area contributed by atoms with Crippen molar-refractivity contribution in [3.8, 4) is 11.5 Å². The monoisotopic (exact) mass is 431 g/mol. The van der Waals surface area contributed by atoms with Crippen LogP contribution in [0.25, 0.3) is 0 Å². The van der Waals surface area contributed by atoms with Crippen molar-refractivity contribution in [1.82, 2.24) is 4.72 Å². The summed E-state index contributed by atoms with van der Waals surface area (Å²) in [4.78, 5) is 0. The van der Waals surface area contributed by atoms with E-state index in [0.717, 1.165) is 5.56 Å². The SMILES string of the molecule is CCOc1ccc(CCNS(=O)(=O)Cc2ccc(Cl)c(Cl)c2)cc1OCC. The zero-order chi connectivity index (χ0) is 19.9. The molecule has 5 nitrogen and oxygen atoms in total. The van der Waals surface area contributed by atoms with Gasteiger partial charge in [0.1, 0.15) is 0 Å². The van der Waals surface area contributed by atoms with E-state index >= 15 is 0 Å². The predicted octanol–water partition coefficient (Wildman–Crippen LogP) is 4.45. The van der Waals surface area contributed by atoms with Crippen molar-refractivity contribution in [2.24, 2.45) is 0 Å². The molecule has 1 N–H and O–H groups in total. The quantitative estimate of drug-likeness (QED) is 0.603. The largest absolute Gasteiger partial charge is 0.490 e. The van der Waals surface area contributed by atoms with E-state index in [0.29, 0.717) is 46.7 Å². The third kappa shape index (κ3) is 6.88. The van der Waals surface area contributed by atoms with Crippen LogP contribution in [0.1, 0.15) is 25.0 Å². The van der Waals surface area contributed by atoms with Crippen LogP contribution in [0.15, 0.2) is 36.4 Å². The van der Waals surface area contributed by atoms with Crippen molar-refractivity contribution in [1.29, 1.82) is 0 Å². The first-order chi connectivity index (χ1) is 12.8. The maximum absolute atomic E-state index is 12.3. The molecule has 0 heterocycles. The molecule has 2 rings (SSSR count). The fraction of sp³-hybridized carbons (Fsp3) is 0.368. The molecule has 0 aliphatic rings. The predicted molar refractivity (Wildman–Crippen MR) is 110 cm³/mol. The molecule has 0 amide bonds. The second-order valence-corrected chi connectivity index (χ2v) is 8.42. The standard InChI is InChI=1S/C19H23Cl2NO4S/c1-3-25-18-8-6-14(12-19(18)26-4-2)9-10-22-27(23,24)13-15-5-7-16(20)17(21)11-15/h5-8,11-12,22H,3-4,9-10,13H2,1-2H3.